The number of hydrogen-bond donors (Lipinski definition) is 2. The highest BCUT2D eigenvalue weighted by Gasteiger charge is 2.17. The Balaban J connectivity index is 2.76. The summed E-state index contributed by atoms with van der Waals surface area (Å²) in [6.45, 7) is 0. The van der Waals surface area contributed by atoms with E-state index in [0.29, 0.717) is 22.9 Å². The lowest BCUT2D eigenvalue weighted by Gasteiger charge is -2.17. The molecule has 0 spiro atoms. The van der Waals surface area contributed by atoms with E-state index < -0.39 is 12.2 Å². The molecular weight excluding hydrogens is 307 g/mol. The van der Waals surface area contributed by atoms with E-state index in [2.05, 4.69) is 15.9 Å². The molecule has 17 heavy (non-hydrogen) atoms. The van der Waals surface area contributed by atoms with Crippen LogP contribution in [0.3, 0.4) is 0 Å². The molecule has 0 aromatic heterocycles. The highest BCUT2D eigenvalue weighted by atomic mass is 79.9. The fourth-order valence-electron chi connectivity index (χ4n) is 1.44. The van der Waals surface area contributed by atoms with Crippen molar-refractivity contribution < 1.29 is 15.0 Å². The lowest BCUT2D eigenvalue weighted by atomic mass is 10.0. The van der Waals surface area contributed by atoms with E-state index in [-0.39, 0.29) is 11.7 Å². The molecule has 0 amide bonds. The highest BCUT2D eigenvalue weighted by molar-refractivity contribution is 9.09. The van der Waals surface area contributed by atoms with Crippen LogP contribution in [0.2, 0.25) is 0 Å². The van der Waals surface area contributed by atoms with Crippen molar-refractivity contribution in [3.8, 4) is 0 Å². The van der Waals surface area contributed by atoms with Crippen LogP contribution in [0.15, 0.2) is 24.3 Å². The quantitative estimate of drug-likeness (QED) is 0.624. The number of carbonyl (C=O) groups is 1. The number of ketones is 1. The minimum absolute atomic E-state index is 0.0614. The average Bonchev–Trinajstić information content (AvgIpc) is 2.37. The standard InChI is InChI=1S/C12H14BrClO3/c13-6-5-10(15)12(17)9-3-1-8(2-4-9)11(16)7-14/h1-4,10,12,15,17H,5-7H2. The summed E-state index contributed by atoms with van der Waals surface area (Å²) < 4.78 is 0. The van der Waals surface area contributed by atoms with Gasteiger partial charge in [-0.2, -0.15) is 0 Å². The third-order valence-electron chi connectivity index (χ3n) is 2.46. The van der Waals surface area contributed by atoms with Gasteiger partial charge in [-0.3, -0.25) is 4.79 Å². The van der Waals surface area contributed by atoms with Gasteiger partial charge in [-0.1, -0.05) is 40.2 Å². The molecule has 94 valence electrons. The molecule has 3 nitrogen and oxygen atoms in total. The Morgan fingerprint density at radius 1 is 1.29 bits per heavy atom. The molecule has 2 atom stereocenters. The molecular formula is C12H14BrClO3. The van der Waals surface area contributed by atoms with Crippen LogP contribution in [0.1, 0.15) is 28.4 Å². The minimum Gasteiger partial charge on any atom is -0.390 e. The highest BCUT2D eigenvalue weighted by Crippen LogP contribution is 2.20. The summed E-state index contributed by atoms with van der Waals surface area (Å²) in [7, 11) is 0. The van der Waals surface area contributed by atoms with Crippen LogP contribution in [-0.2, 0) is 0 Å². The average molecular weight is 322 g/mol. The number of aliphatic hydroxyl groups is 2. The fraction of sp³-hybridized carbons (Fsp3) is 0.417. The number of aliphatic hydroxyl groups excluding tert-OH is 2. The van der Waals surface area contributed by atoms with Crippen LogP contribution in [0.5, 0.6) is 0 Å². The second-order valence-electron chi connectivity index (χ2n) is 3.67. The molecule has 0 aliphatic carbocycles. The van der Waals surface area contributed by atoms with Crippen LogP contribution in [-0.4, -0.2) is 33.3 Å². The Labute approximate surface area is 114 Å². The SMILES string of the molecule is O=C(CCl)c1ccc(C(O)C(O)CCBr)cc1. The summed E-state index contributed by atoms with van der Waals surface area (Å²) in [6, 6.07) is 6.46. The van der Waals surface area contributed by atoms with Crippen molar-refractivity contribution in [2.24, 2.45) is 0 Å². The number of carbonyl (C=O) groups excluding carboxylic acids is 1. The second kappa shape index (κ2) is 7.11. The number of benzene rings is 1. The first-order valence-electron chi connectivity index (χ1n) is 5.21. The number of halogens is 2. The predicted molar refractivity (Wildman–Crippen MR) is 70.9 cm³/mol. The van der Waals surface area contributed by atoms with Gasteiger partial charge in [-0.15, -0.1) is 11.6 Å². The van der Waals surface area contributed by atoms with Gasteiger partial charge in [-0.25, -0.2) is 0 Å². The number of alkyl halides is 2. The second-order valence-corrected chi connectivity index (χ2v) is 4.73. The smallest absolute Gasteiger partial charge is 0.177 e. The van der Waals surface area contributed by atoms with Crippen molar-refractivity contribution in [1.29, 1.82) is 0 Å². The molecule has 0 bridgehead atoms. The van der Waals surface area contributed by atoms with Gasteiger partial charge in [0.25, 0.3) is 0 Å². The molecule has 0 aliphatic heterocycles. The lowest BCUT2D eigenvalue weighted by molar-refractivity contribution is 0.0173. The Morgan fingerprint density at radius 2 is 1.88 bits per heavy atom. The predicted octanol–water partition coefficient (Wildman–Crippen LogP) is 2.29. The maximum Gasteiger partial charge on any atom is 0.177 e. The monoisotopic (exact) mass is 320 g/mol. The number of rotatable bonds is 6. The summed E-state index contributed by atoms with van der Waals surface area (Å²) >= 11 is 8.64. The molecule has 0 saturated carbocycles. The minimum atomic E-state index is -0.937. The Bertz CT molecular complexity index is 367. The van der Waals surface area contributed by atoms with Crippen LogP contribution >= 0.6 is 27.5 Å². The van der Waals surface area contributed by atoms with Crippen molar-refractivity contribution in [3.05, 3.63) is 35.4 Å². The summed E-state index contributed by atoms with van der Waals surface area (Å²) in [5.74, 6) is -0.220. The van der Waals surface area contributed by atoms with Gasteiger partial charge in [0.05, 0.1) is 12.0 Å². The van der Waals surface area contributed by atoms with E-state index in [1.807, 2.05) is 0 Å². The zero-order chi connectivity index (χ0) is 12.8. The largest absolute Gasteiger partial charge is 0.390 e. The first kappa shape index (κ1) is 14.6. The normalized spacial score (nSPS) is 14.4. The van der Waals surface area contributed by atoms with Gasteiger partial charge in [0, 0.05) is 10.9 Å². The molecule has 2 N–H and O–H groups in total. The molecule has 1 aromatic carbocycles. The maximum absolute atomic E-state index is 11.3. The third kappa shape index (κ3) is 4.07. The van der Waals surface area contributed by atoms with E-state index in [0.717, 1.165) is 0 Å². The summed E-state index contributed by atoms with van der Waals surface area (Å²) in [6.07, 6.45) is -1.29. The lowest BCUT2D eigenvalue weighted by Crippen LogP contribution is -2.18. The fourth-order valence-corrected chi connectivity index (χ4v) is 2.06. The molecule has 1 aromatic rings. The van der Waals surface area contributed by atoms with E-state index >= 15 is 0 Å². The van der Waals surface area contributed by atoms with Gasteiger partial charge >= 0.3 is 0 Å². The molecule has 2 unspecified atom stereocenters. The molecule has 0 aliphatic rings. The van der Waals surface area contributed by atoms with Gasteiger partial charge in [-0.05, 0) is 12.0 Å². The number of hydrogen-bond acceptors (Lipinski definition) is 3. The molecule has 5 heteroatoms. The number of Topliss-reactive ketones (excluding diaryl/α,β-unsaturated/α-hetero) is 1. The maximum atomic E-state index is 11.3. The Morgan fingerprint density at radius 3 is 2.35 bits per heavy atom. The Hall–Kier alpha value is -0.420. The van der Waals surface area contributed by atoms with E-state index in [1.165, 1.54) is 0 Å². The zero-order valence-corrected chi connectivity index (χ0v) is 11.5. The van der Waals surface area contributed by atoms with Gasteiger partial charge < -0.3 is 10.2 Å². The van der Waals surface area contributed by atoms with Crippen LogP contribution < -0.4 is 0 Å². The molecule has 0 radical (unpaired) electrons. The van der Waals surface area contributed by atoms with Crippen molar-refractivity contribution in [2.45, 2.75) is 18.6 Å². The van der Waals surface area contributed by atoms with Gasteiger partial charge in [0.2, 0.25) is 0 Å². The van der Waals surface area contributed by atoms with Crippen LogP contribution in [0.4, 0.5) is 0 Å². The van der Waals surface area contributed by atoms with Crippen molar-refractivity contribution >= 4 is 33.3 Å². The van der Waals surface area contributed by atoms with Gasteiger partial charge in [0.15, 0.2) is 5.78 Å². The van der Waals surface area contributed by atoms with Gasteiger partial charge in [0.1, 0.15) is 6.10 Å². The third-order valence-corrected chi connectivity index (χ3v) is 3.17. The zero-order valence-electron chi connectivity index (χ0n) is 9.14. The molecule has 0 saturated heterocycles. The summed E-state index contributed by atoms with van der Waals surface area (Å²) in [5, 5.41) is 20.1. The first-order valence-corrected chi connectivity index (χ1v) is 6.87. The van der Waals surface area contributed by atoms with Crippen molar-refractivity contribution in [1.82, 2.24) is 0 Å². The topological polar surface area (TPSA) is 57.5 Å². The van der Waals surface area contributed by atoms with E-state index in [9.17, 15) is 15.0 Å². The first-order chi connectivity index (χ1) is 8.10. The van der Waals surface area contributed by atoms with Crippen molar-refractivity contribution in [3.63, 3.8) is 0 Å². The van der Waals surface area contributed by atoms with Crippen molar-refractivity contribution in [2.75, 3.05) is 11.2 Å². The van der Waals surface area contributed by atoms with E-state index in [1.54, 1.807) is 24.3 Å². The molecule has 0 fully saturated rings. The molecule has 0 heterocycles. The van der Waals surface area contributed by atoms with Crippen LogP contribution in [0.25, 0.3) is 0 Å². The summed E-state index contributed by atoms with van der Waals surface area (Å²) in [5.41, 5.74) is 1.09. The Kier molecular flexibility index (Phi) is 6.12. The summed E-state index contributed by atoms with van der Waals surface area (Å²) in [4.78, 5) is 11.3. The van der Waals surface area contributed by atoms with Crippen LogP contribution in [0, 0.1) is 0 Å². The van der Waals surface area contributed by atoms with E-state index in [4.69, 9.17) is 11.6 Å². The molecule has 1 rings (SSSR count).